The number of benzene rings is 7. The largest absolute Gasteiger partial charge is 0.496 e. The number of hydrogen-bond acceptors (Lipinski definition) is 13. The van der Waals surface area contributed by atoms with Crippen molar-refractivity contribution in [1.29, 1.82) is 0 Å². The number of methoxy groups -OCH3 is 1. The van der Waals surface area contributed by atoms with Crippen molar-refractivity contribution in [1.82, 2.24) is 31.1 Å². The molecule has 4 saturated heterocycles. The fourth-order valence-electron chi connectivity index (χ4n) is 18.8. The Morgan fingerprint density at radius 2 is 1.11 bits per heavy atom. The number of likely N-dealkylation sites (tertiary alicyclic amines) is 2. The van der Waals surface area contributed by atoms with Gasteiger partial charge in [0.05, 0.1) is 53.3 Å². The van der Waals surface area contributed by atoms with Gasteiger partial charge >= 0.3 is 12.1 Å². The number of amides is 4. The molecular formula is C108H171ClN9O9+. The zero-order chi connectivity index (χ0) is 92.1. The van der Waals surface area contributed by atoms with Gasteiger partial charge in [-0.3, -0.25) is 0 Å². The van der Waals surface area contributed by atoms with E-state index in [4.69, 9.17) is 51.2 Å². The number of anilines is 1. The molecule has 4 atom stereocenters. The molecule has 708 valence electrons. The zero-order valence-electron chi connectivity index (χ0n) is 81.2. The third kappa shape index (κ3) is 44.3. The van der Waals surface area contributed by atoms with Crippen molar-refractivity contribution in [3.05, 3.63) is 201 Å². The predicted octanol–water partition coefficient (Wildman–Crippen LogP) is 21.6. The summed E-state index contributed by atoms with van der Waals surface area (Å²) in [5.41, 5.74) is 20.1. The minimum Gasteiger partial charge on any atom is -0.496 e. The molecule has 18 nitrogen and oxygen atoms in total. The molecule has 10 fully saturated rings. The number of aryl methyl sites for hydroxylation is 6. The maximum absolute atomic E-state index is 11.9. The third-order valence-electron chi connectivity index (χ3n) is 25.7. The molecule has 3 unspecified atom stereocenters. The fourth-order valence-corrected chi connectivity index (χ4v) is 19.0. The highest BCUT2D eigenvalue weighted by Crippen LogP contribution is 2.59. The first-order chi connectivity index (χ1) is 61.2. The summed E-state index contributed by atoms with van der Waals surface area (Å²) in [7, 11) is 5.65. The quantitative estimate of drug-likeness (QED) is 0.0474. The van der Waals surface area contributed by atoms with Crippen LogP contribution in [0.15, 0.2) is 152 Å². The lowest BCUT2D eigenvalue weighted by Crippen LogP contribution is -2.52. The van der Waals surface area contributed by atoms with Crippen LogP contribution in [0.25, 0.3) is 10.8 Å². The number of fused-ring (bicyclic) bond motifs is 2. The number of ether oxygens (including phenoxy) is 5. The maximum Gasteiger partial charge on any atom is 0.317 e. The van der Waals surface area contributed by atoms with E-state index in [1.165, 1.54) is 141 Å². The topological polar surface area (TPSA) is 232 Å². The Morgan fingerprint density at radius 3 is 1.60 bits per heavy atom. The van der Waals surface area contributed by atoms with E-state index in [-0.39, 0.29) is 25.3 Å². The highest BCUT2D eigenvalue weighted by Gasteiger charge is 2.48. The molecule has 5 aliphatic heterocycles. The molecule has 4 amide bonds. The molecule has 7 aromatic rings. The monoisotopic (exact) mass is 1770 g/mol. The van der Waals surface area contributed by atoms with Crippen LogP contribution in [0.5, 0.6) is 17.2 Å². The standard InChI is InChI=1S/C13H27N3O3.C11H21N3O.C11H18.C11H10.C10H14O3.C9H13N.C8H17N.C8H8O2.C7H7Cl.C7H14.C7H8.C6H13N/c1-12-3-2-6-16(11-12)13(17)15-5-8-19-10-9-18-7-4-14;1-9-3-2-6-14(8-9)11(15)13-10-4-5-12-7-10;1-11-5-8-2-9(6-11)4-10(3-8)7-11;1-9-5-4-7-10-6-2-3-8-11(9)10;1-7-3-8(5-11)9(6-12)10(4-7)13-2;1-8-5-4-6-9(7-8)10(2)3;1-7-2-4-8(6-9)5-3-7;1-6-2-3-7-8(4-6)10-5-9-7;1-6-3-2-4-7(8)5-6;2*1-7-5-3-2-4-6-7;1-6-3-2-4-7-5-6/h12H,2-11,14H2,1H3,(H,15,17);9-10,12H,2-8H2,1H3,(H,13,15);8-10H,2-7H2,1H3;2-8H,1H3;3-4,11-12H,5-6H2,1-2H3;4-7H,1-3H3;7-8H,2-6,9H2,1H3;2-4H,5H2,1H3;2-5H,1H3;7H,2-6H2,1H3;2-6H,1H3;6-7H,2-5H2,1H3/p+1/t;9?,10-;;;;;;;;;;/m.1........../s1. The minimum atomic E-state index is -0.112. The SMILES string of the molecule is CC12CC3CC(CC(C3)C1)C2.CC1CCC(CN)CC1.CC1CCCCC1.CC1CCCN(C(=O)NCCOCCOCC[NH3+])C1.CC1CCCN(C(=O)N[C@@H]2CCNC2)C1.CC1CCCNC1.COc1cc(C)cc(CO)c1CO.Cc1ccc2c(c1)OCO2.Cc1cccc(Cl)c1.Cc1cccc(N(C)C)c1.Cc1cccc2ccccc12.Cc1ccccc1. The predicted molar refractivity (Wildman–Crippen MR) is 531 cm³/mol. The number of hydrogen-bond donors (Lipinski definition) is 8. The number of nitrogens with zero attached hydrogens (tertiary/aromatic N) is 3. The molecule has 4 bridgehead atoms. The lowest BCUT2D eigenvalue weighted by Gasteiger charge is -2.55. The third-order valence-corrected chi connectivity index (χ3v) is 25.9. The lowest BCUT2D eigenvalue weighted by atomic mass is 9.50. The maximum atomic E-state index is 11.9. The van der Waals surface area contributed by atoms with Crippen molar-refractivity contribution in [2.45, 2.75) is 244 Å². The number of carbonyl (C=O) groups is 2. The Morgan fingerprint density at radius 1 is 0.551 bits per heavy atom. The molecule has 0 spiro atoms. The Kier molecular flexibility index (Phi) is 52.8. The van der Waals surface area contributed by atoms with Crippen LogP contribution in [0.3, 0.4) is 0 Å². The summed E-state index contributed by atoms with van der Waals surface area (Å²) in [5, 5.41) is 34.2. The van der Waals surface area contributed by atoms with Crippen LogP contribution in [0.2, 0.25) is 5.02 Å². The highest BCUT2D eigenvalue weighted by atomic mass is 35.5. The number of piperidine rings is 3. The molecular weight excluding hydrogens is 1600 g/mol. The van der Waals surface area contributed by atoms with Crippen molar-refractivity contribution in [3.8, 4) is 17.2 Å². The van der Waals surface area contributed by atoms with Crippen molar-refractivity contribution in [3.63, 3.8) is 0 Å². The van der Waals surface area contributed by atoms with Gasteiger partial charge in [0.25, 0.3) is 0 Å². The molecule has 18 rings (SSSR count). The number of halogens is 1. The van der Waals surface area contributed by atoms with Gasteiger partial charge in [-0.25, -0.2) is 9.59 Å². The van der Waals surface area contributed by atoms with E-state index < -0.39 is 0 Å². The number of aliphatic hydroxyl groups excluding tert-OH is 2. The van der Waals surface area contributed by atoms with Gasteiger partial charge in [0, 0.05) is 75.7 Å². The van der Waals surface area contributed by atoms with E-state index >= 15 is 0 Å². The first kappa shape index (κ1) is 108. The summed E-state index contributed by atoms with van der Waals surface area (Å²) in [4.78, 5) is 29.7. The average molecular weight is 1780 g/mol. The Balaban J connectivity index is 0.000000216. The summed E-state index contributed by atoms with van der Waals surface area (Å²) < 4.78 is 26.0. The van der Waals surface area contributed by atoms with E-state index in [9.17, 15) is 9.59 Å². The number of aliphatic hydroxyl groups is 2. The van der Waals surface area contributed by atoms with Crippen molar-refractivity contribution in [2.75, 3.05) is 131 Å². The van der Waals surface area contributed by atoms with Crippen molar-refractivity contribution in [2.24, 2.45) is 64.4 Å². The number of urea groups is 2. The molecule has 0 aromatic heterocycles. The van der Waals surface area contributed by atoms with Crippen LogP contribution in [0.4, 0.5) is 15.3 Å². The minimum absolute atomic E-state index is 0.0310. The van der Waals surface area contributed by atoms with Crippen LogP contribution in [0, 0.1) is 100 Å². The van der Waals surface area contributed by atoms with Gasteiger partial charge in [0.15, 0.2) is 11.5 Å². The number of nitrogens with one attached hydrogen (secondary N) is 4. The lowest BCUT2D eigenvalue weighted by molar-refractivity contribution is -0.374. The van der Waals surface area contributed by atoms with E-state index in [1.807, 2.05) is 103 Å². The summed E-state index contributed by atoms with van der Waals surface area (Å²) >= 11 is 5.64. The second kappa shape index (κ2) is 62.0. The number of carbonyl (C=O) groups excluding carboxylic acids is 2. The average Bonchev–Trinajstić information content (AvgIpc) is 1.69. The number of rotatable bonds is 14. The fraction of sp³-hybridized carbons (Fsp3) is 0.611. The summed E-state index contributed by atoms with van der Waals surface area (Å²) in [6, 6.07) is 51.4. The van der Waals surface area contributed by atoms with Crippen LogP contribution in [-0.2, 0) is 22.7 Å². The van der Waals surface area contributed by atoms with Crippen molar-refractivity contribution >= 4 is 40.1 Å². The van der Waals surface area contributed by atoms with Gasteiger partial charge in [-0.05, 0) is 309 Å². The van der Waals surface area contributed by atoms with E-state index in [2.05, 4.69) is 187 Å². The molecule has 11 aliphatic rings. The molecule has 0 radical (unpaired) electrons. The summed E-state index contributed by atoms with van der Waals surface area (Å²) in [6.45, 7) is 39.0. The first-order valence-corrected chi connectivity index (χ1v) is 48.9. The van der Waals surface area contributed by atoms with Gasteiger partial charge in [-0.2, -0.15) is 0 Å². The number of quaternary nitrogens is 1. The van der Waals surface area contributed by atoms with Crippen LogP contribution in [0.1, 0.15) is 227 Å². The molecule has 7 aromatic carbocycles. The van der Waals surface area contributed by atoms with Crippen molar-refractivity contribution < 1.29 is 49.2 Å². The second-order valence-corrected chi connectivity index (χ2v) is 38.8. The molecule has 6 saturated carbocycles. The molecule has 5 heterocycles. The van der Waals surface area contributed by atoms with Crippen LogP contribution in [-0.4, -0.2) is 165 Å². The molecule has 11 N–H and O–H groups in total. The second-order valence-electron chi connectivity index (χ2n) is 38.4. The Hall–Kier alpha value is -7.49. The smallest absolute Gasteiger partial charge is 0.317 e. The number of nitrogens with two attached hydrogens (primary N) is 1. The summed E-state index contributed by atoms with van der Waals surface area (Å²) in [5.74, 6) is 10.8. The molecule has 127 heavy (non-hydrogen) atoms. The molecule has 6 aliphatic carbocycles. The van der Waals surface area contributed by atoms with Gasteiger partial charge < -0.3 is 81.3 Å². The van der Waals surface area contributed by atoms with Crippen LogP contribution >= 0.6 is 11.6 Å². The van der Waals surface area contributed by atoms with E-state index in [0.717, 1.165) is 146 Å². The highest BCUT2D eigenvalue weighted by molar-refractivity contribution is 6.30. The van der Waals surface area contributed by atoms with E-state index in [1.54, 1.807) is 45.6 Å². The zero-order valence-corrected chi connectivity index (χ0v) is 82.0. The van der Waals surface area contributed by atoms with Crippen LogP contribution < -0.4 is 51.8 Å². The van der Waals surface area contributed by atoms with Gasteiger partial charge in [0.2, 0.25) is 6.79 Å². The van der Waals surface area contributed by atoms with Gasteiger partial charge in [-0.1, -0.05) is 213 Å². The van der Waals surface area contributed by atoms with Gasteiger partial charge in [-0.15, -0.1) is 0 Å². The summed E-state index contributed by atoms with van der Waals surface area (Å²) in [6.07, 6.45) is 31.1. The van der Waals surface area contributed by atoms with E-state index in [0.29, 0.717) is 69.0 Å². The Bertz CT molecular complexity index is 3990. The van der Waals surface area contributed by atoms with Gasteiger partial charge in [0.1, 0.15) is 5.75 Å². The normalized spacial score (nSPS) is 22.5. The Labute approximate surface area is 773 Å². The molecule has 19 heteroatoms. The first-order valence-electron chi connectivity index (χ1n) is 48.5.